The van der Waals surface area contributed by atoms with Crippen LogP contribution in [0, 0.1) is 28.6 Å². The third-order valence-electron chi connectivity index (χ3n) is 10.4. The predicted molar refractivity (Wildman–Crippen MR) is 144 cm³/mol. The van der Waals surface area contributed by atoms with Crippen LogP contribution in [0.1, 0.15) is 79.6 Å². The number of hydrogen-bond acceptors (Lipinski definition) is 8. The molecule has 0 amide bonds. The first-order chi connectivity index (χ1) is 19.2. The number of Topliss-reactive ketones (excluding diaryl/α,β-unsaturated/α-hetero) is 1. The van der Waals surface area contributed by atoms with E-state index in [0.717, 1.165) is 12.5 Å². The summed E-state index contributed by atoms with van der Waals surface area (Å²) in [6, 6.07) is 0. The second kappa shape index (κ2) is 11.2. The molecule has 8 nitrogen and oxygen atoms in total. The van der Waals surface area contributed by atoms with Gasteiger partial charge in [0.2, 0.25) is 5.78 Å². The fourth-order valence-corrected chi connectivity index (χ4v) is 8.38. The lowest BCUT2D eigenvalue weighted by Crippen LogP contribution is -2.71. The molecule has 0 aromatic carbocycles. The molecule has 10 heteroatoms. The Hall–Kier alpha value is -2.62. The number of esters is 1. The summed E-state index contributed by atoms with van der Waals surface area (Å²) in [4.78, 5) is 51.3. The molecule has 1 N–H and O–H groups in total. The van der Waals surface area contributed by atoms with Gasteiger partial charge in [-0.05, 0) is 62.7 Å². The maximum Gasteiger partial charge on any atom is 0.509 e. The normalized spacial score (nSPS) is 41.0. The highest BCUT2D eigenvalue weighted by atomic mass is 19.1. The molecule has 228 valence electrons. The van der Waals surface area contributed by atoms with Crippen molar-refractivity contribution in [2.24, 2.45) is 28.6 Å². The first kappa shape index (κ1) is 31.3. The molecule has 0 aliphatic heterocycles. The summed E-state index contributed by atoms with van der Waals surface area (Å²) in [5, 5.41) is 11.6. The van der Waals surface area contributed by atoms with Crippen molar-refractivity contribution in [3.8, 4) is 0 Å². The van der Waals surface area contributed by atoms with Gasteiger partial charge in [-0.25, -0.2) is 13.6 Å². The summed E-state index contributed by atoms with van der Waals surface area (Å²) < 4.78 is 49.7. The minimum atomic E-state index is -2.35. The molecule has 0 radical (unpaired) electrons. The van der Waals surface area contributed by atoms with Crippen molar-refractivity contribution in [1.82, 2.24) is 0 Å². The van der Waals surface area contributed by atoms with Crippen molar-refractivity contribution in [1.29, 1.82) is 0 Å². The fraction of sp³-hybridized carbons (Fsp3) is 0.742. The number of rotatable bonds is 9. The van der Waals surface area contributed by atoms with E-state index in [1.807, 2.05) is 6.92 Å². The first-order valence-electron chi connectivity index (χ1n) is 14.7. The largest absolute Gasteiger partial charge is 0.509 e. The van der Waals surface area contributed by atoms with Crippen molar-refractivity contribution in [3.63, 3.8) is 0 Å². The van der Waals surface area contributed by atoms with Crippen LogP contribution in [0.2, 0.25) is 0 Å². The number of ketones is 2. The lowest BCUT2D eigenvalue weighted by Gasteiger charge is -2.63. The predicted octanol–water partition coefficient (Wildman–Crippen LogP) is 5.16. The number of halogens is 2. The van der Waals surface area contributed by atoms with E-state index < -0.39 is 82.4 Å². The molecular formula is C31H42F2O8. The molecule has 4 rings (SSSR count). The maximum atomic E-state index is 17.5. The van der Waals surface area contributed by atoms with Gasteiger partial charge in [-0.3, -0.25) is 14.4 Å². The SMILES string of the molecule is CCCCOC(=O)O[C@]1(C(=O)COC(=O)CCC)[C@H](C)C[C@H]2[C@@H]3C[C@H](F)C4=CC(=O)C=C[C@]4(C)[C@@]3(F)[C@@H](O)C[C@@]21C. The zero-order chi connectivity index (χ0) is 30.4. The summed E-state index contributed by atoms with van der Waals surface area (Å²) >= 11 is 0. The molecule has 4 aliphatic carbocycles. The summed E-state index contributed by atoms with van der Waals surface area (Å²) in [6.45, 7) is 7.97. The van der Waals surface area contributed by atoms with Gasteiger partial charge in [0.15, 0.2) is 23.7 Å². The maximum absolute atomic E-state index is 17.5. The van der Waals surface area contributed by atoms with Crippen LogP contribution in [0.4, 0.5) is 13.6 Å². The van der Waals surface area contributed by atoms with Gasteiger partial charge in [0, 0.05) is 29.1 Å². The number of aliphatic hydroxyl groups excluding tert-OH is 1. The third-order valence-corrected chi connectivity index (χ3v) is 10.4. The Labute approximate surface area is 239 Å². The average molecular weight is 581 g/mol. The van der Waals surface area contributed by atoms with E-state index >= 15 is 8.78 Å². The molecule has 3 saturated carbocycles. The molecule has 4 aliphatic rings. The Morgan fingerprint density at radius 3 is 2.46 bits per heavy atom. The van der Waals surface area contributed by atoms with E-state index in [-0.39, 0.29) is 37.9 Å². The van der Waals surface area contributed by atoms with E-state index in [1.54, 1.807) is 20.8 Å². The Balaban J connectivity index is 1.77. The smallest absolute Gasteiger partial charge is 0.457 e. The van der Waals surface area contributed by atoms with Crippen molar-refractivity contribution in [2.45, 2.75) is 103 Å². The van der Waals surface area contributed by atoms with Gasteiger partial charge < -0.3 is 19.3 Å². The van der Waals surface area contributed by atoms with Crippen LogP contribution in [-0.4, -0.2) is 65.6 Å². The number of hydrogen-bond donors (Lipinski definition) is 1. The van der Waals surface area contributed by atoms with Crippen molar-refractivity contribution >= 4 is 23.7 Å². The number of alkyl halides is 2. The van der Waals surface area contributed by atoms with Crippen LogP contribution < -0.4 is 0 Å². The van der Waals surface area contributed by atoms with Gasteiger partial charge in [0.1, 0.15) is 6.17 Å². The number of allylic oxidation sites excluding steroid dienone is 4. The quantitative estimate of drug-likeness (QED) is 0.294. The van der Waals surface area contributed by atoms with E-state index in [9.17, 15) is 24.3 Å². The number of unbranched alkanes of at least 4 members (excludes halogenated alkanes) is 1. The topological polar surface area (TPSA) is 116 Å². The number of aliphatic hydroxyl groups is 1. The summed E-state index contributed by atoms with van der Waals surface area (Å²) in [5.41, 5.74) is -7.19. The molecule has 0 saturated heterocycles. The molecule has 0 aromatic rings. The van der Waals surface area contributed by atoms with Gasteiger partial charge in [0.25, 0.3) is 0 Å². The zero-order valence-electron chi connectivity index (χ0n) is 24.5. The molecule has 0 unspecified atom stereocenters. The lowest BCUT2D eigenvalue weighted by atomic mass is 9.44. The third kappa shape index (κ3) is 4.64. The Morgan fingerprint density at radius 1 is 1.10 bits per heavy atom. The lowest BCUT2D eigenvalue weighted by molar-refractivity contribution is -0.226. The molecule has 3 fully saturated rings. The van der Waals surface area contributed by atoms with Gasteiger partial charge in [-0.1, -0.05) is 40.2 Å². The van der Waals surface area contributed by atoms with E-state index in [0.29, 0.717) is 12.8 Å². The summed E-state index contributed by atoms with van der Waals surface area (Å²) in [7, 11) is 0. The Bertz CT molecular complexity index is 1150. The summed E-state index contributed by atoms with van der Waals surface area (Å²) in [5.74, 6) is -4.15. The monoisotopic (exact) mass is 580 g/mol. The van der Waals surface area contributed by atoms with Crippen molar-refractivity contribution < 1.29 is 47.3 Å². The number of carbonyl (C=O) groups is 4. The number of fused-ring (bicyclic) bond motifs is 5. The number of carbonyl (C=O) groups excluding carboxylic acids is 4. The average Bonchev–Trinajstić information content (AvgIpc) is 3.12. The first-order valence-corrected chi connectivity index (χ1v) is 14.7. The Morgan fingerprint density at radius 2 is 1.80 bits per heavy atom. The molecule has 41 heavy (non-hydrogen) atoms. The molecule has 0 spiro atoms. The van der Waals surface area contributed by atoms with Crippen LogP contribution >= 0.6 is 0 Å². The highest BCUT2D eigenvalue weighted by Gasteiger charge is 2.78. The molecule has 9 atom stereocenters. The van der Waals surface area contributed by atoms with Crippen molar-refractivity contribution in [3.05, 3.63) is 23.8 Å². The van der Waals surface area contributed by atoms with Gasteiger partial charge >= 0.3 is 12.1 Å². The van der Waals surface area contributed by atoms with Crippen LogP contribution in [0.3, 0.4) is 0 Å². The van der Waals surface area contributed by atoms with E-state index in [2.05, 4.69) is 0 Å². The minimum absolute atomic E-state index is 0.00150. The van der Waals surface area contributed by atoms with Crippen LogP contribution in [0.5, 0.6) is 0 Å². The second-order valence-corrected chi connectivity index (χ2v) is 12.6. The standard InChI is InChI=1S/C31H42F2O8/c1-6-8-12-39-27(38)41-31(25(36)17-40-26(37)9-7-2)18(3)13-20-21-15-23(32)22-14-19(34)10-11-28(22,4)30(21,33)24(35)16-29(20,31)5/h10-11,14,18,20-21,23-24,35H,6-9,12-13,15-17H2,1-5H3/t18-,20+,21+,23+,24+,28+,29+,30+,31+/m1/s1. The van der Waals surface area contributed by atoms with Crippen LogP contribution in [-0.2, 0) is 28.6 Å². The van der Waals surface area contributed by atoms with Crippen LogP contribution in [0.25, 0.3) is 0 Å². The molecule has 0 aromatic heterocycles. The highest BCUT2D eigenvalue weighted by Crippen LogP contribution is 2.71. The van der Waals surface area contributed by atoms with Crippen molar-refractivity contribution in [2.75, 3.05) is 13.2 Å². The Kier molecular flexibility index (Phi) is 8.58. The number of ether oxygens (including phenoxy) is 3. The van der Waals surface area contributed by atoms with E-state index in [1.165, 1.54) is 19.1 Å². The highest BCUT2D eigenvalue weighted by molar-refractivity contribution is 6.01. The minimum Gasteiger partial charge on any atom is -0.457 e. The van der Waals surface area contributed by atoms with Gasteiger partial charge in [-0.2, -0.15) is 0 Å². The fourth-order valence-electron chi connectivity index (χ4n) is 8.38. The second-order valence-electron chi connectivity index (χ2n) is 12.6. The van der Waals surface area contributed by atoms with Gasteiger partial charge in [0.05, 0.1) is 12.7 Å². The molecular weight excluding hydrogens is 538 g/mol. The van der Waals surface area contributed by atoms with Gasteiger partial charge in [-0.15, -0.1) is 0 Å². The van der Waals surface area contributed by atoms with Crippen LogP contribution in [0.15, 0.2) is 23.8 Å². The molecule has 0 heterocycles. The summed E-state index contributed by atoms with van der Waals surface area (Å²) in [6.07, 6.45) is 0.810. The molecule has 0 bridgehead atoms. The van der Waals surface area contributed by atoms with E-state index in [4.69, 9.17) is 14.2 Å². The zero-order valence-corrected chi connectivity index (χ0v) is 24.5.